The average Bonchev–Trinajstić information content (AvgIpc) is 2.47. The van der Waals surface area contributed by atoms with Gasteiger partial charge in [-0.3, -0.25) is 0 Å². The third-order valence-corrected chi connectivity index (χ3v) is 3.84. The van der Waals surface area contributed by atoms with Gasteiger partial charge in [-0.15, -0.1) is 11.8 Å². The first-order valence-corrected chi connectivity index (χ1v) is 7.60. The molecule has 0 bridgehead atoms. The van der Waals surface area contributed by atoms with E-state index in [4.69, 9.17) is 10.5 Å². The highest BCUT2D eigenvalue weighted by Crippen LogP contribution is 2.29. The van der Waals surface area contributed by atoms with Gasteiger partial charge in [-0.25, -0.2) is 0 Å². The molecule has 0 aromatic heterocycles. The molecule has 0 fully saturated rings. The zero-order valence-corrected chi connectivity index (χ0v) is 12.1. The van der Waals surface area contributed by atoms with Crippen molar-refractivity contribution in [2.24, 2.45) is 5.73 Å². The summed E-state index contributed by atoms with van der Waals surface area (Å²) < 4.78 is 5.45. The van der Waals surface area contributed by atoms with Gasteiger partial charge in [0.2, 0.25) is 0 Å². The van der Waals surface area contributed by atoms with E-state index in [0.717, 1.165) is 11.3 Å². The van der Waals surface area contributed by atoms with Crippen molar-refractivity contribution < 1.29 is 4.74 Å². The van der Waals surface area contributed by atoms with Gasteiger partial charge in [0.15, 0.2) is 0 Å². The number of ether oxygens (including phenoxy) is 1. The molecular weight excluding hydrogens is 254 g/mol. The Morgan fingerprint density at radius 1 is 1.11 bits per heavy atom. The van der Waals surface area contributed by atoms with Crippen molar-refractivity contribution in [3.63, 3.8) is 0 Å². The second-order valence-electron chi connectivity index (χ2n) is 4.22. The summed E-state index contributed by atoms with van der Waals surface area (Å²) in [6, 6.07) is 16.2. The standard InChI is InChI=1S/C16H19NOS/c1-3-18-13-10-8-12(9-11-13)16(17)14-6-4-5-7-15(14)19-2/h4-11,16H,3,17H2,1-2H3. The van der Waals surface area contributed by atoms with Gasteiger partial charge in [-0.1, -0.05) is 30.3 Å². The van der Waals surface area contributed by atoms with Gasteiger partial charge in [0.1, 0.15) is 5.75 Å². The van der Waals surface area contributed by atoms with Crippen molar-refractivity contribution in [3.8, 4) is 5.75 Å². The highest BCUT2D eigenvalue weighted by Gasteiger charge is 2.12. The highest BCUT2D eigenvalue weighted by atomic mass is 32.2. The van der Waals surface area contributed by atoms with E-state index in [1.807, 2.05) is 43.3 Å². The van der Waals surface area contributed by atoms with Crippen LogP contribution in [-0.2, 0) is 0 Å². The molecular formula is C16H19NOS. The second kappa shape index (κ2) is 6.64. The minimum absolute atomic E-state index is 0.0978. The molecule has 3 heteroatoms. The molecule has 0 aliphatic heterocycles. The Morgan fingerprint density at radius 2 is 1.79 bits per heavy atom. The molecule has 2 aromatic rings. The highest BCUT2D eigenvalue weighted by molar-refractivity contribution is 7.98. The topological polar surface area (TPSA) is 35.2 Å². The number of nitrogens with two attached hydrogens (primary N) is 1. The van der Waals surface area contributed by atoms with Crippen molar-refractivity contribution in [2.75, 3.05) is 12.9 Å². The summed E-state index contributed by atoms with van der Waals surface area (Å²) in [6.45, 7) is 2.66. The van der Waals surface area contributed by atoms with Gasteiger partial charge in [-0.2, -0.15) is 0 Å². The number of hydrogen-bond donors (Lipinski definition) is 1. The SMILES string of the molecule is CCOc1ccc(C(N)c2ccccc2SC)cc1. The summed E-state index contributed by atoms with van der Waals surface area (Å²) >= 11 is 1.73. The molecule has 0 heterocycles. The molecule has 1 unspecified atom stereocenters. The molecule has 0 saturated carbocycles. The maximum atomic E-state index is 6.36. The minimum atomic E-state index is -0.0978. The molecule has 2 nitrogen and oxygen atoms in total. The Kier molecular flexibility index (Phi) is 4.88. The van der Waals surface area contributed by atoms with Gasteiger partial charge in [0.25, 0.3) is 0 Å². The van der Waals surface area contributed by atoms with E-state index in [9.17, 15) is 0 Å². The van der Waals surface area contributed by atoms with Crippen LogP contribution in [0.4, 0.5) is 0 Å². The number of thioether (sulfide) groups is 1. The minimum Gasteiger partial charge on any atom is -0.494 e. The first-order valence-electron chi connectivity index (χ1n) is 6.37. The largest absolute Gasteiger partial charge is 0.494 e. The van der Waals surface area contributed by atoms with E-state index >= 15 is 0 Å². The predicted octanol–water partition coefficient (Wildman–Crippen LogP) is 3.86. The predicted molar refractivity (Wildman–Crippen MR) is 81.9 cm³/mol. The lowest BCUT2D eigenvalue weighted by molar-refractivity contribution is 0.340. The van der Waals surface area contributed by atoms with E-state index in [2.05, 4.69) is 18.4 Å². The summed E-state index contributed by atoms with van der Waals surface area (Å²) in [6.07, 6.45) is 2.07. The van der Waals surface area contributed by atoms with Crippen molar-refractivity contribution in [3.05, 3.63) is 59.7 Å². The molecule has 19 heavy (non-hydrogen) atoms. The maximum Gasteiger partial charge on any atom is 0.119 e. The second-order valence-corrected chi connectivity index (χ2v) is 5.07. The molecule has 0 aliphatic carbocycles. The fourth-order valence-electron chi connectivity index (χ4n) is 2.04. The zero-order chi connectivity index (χ0) is 13.7. The summed E-state index contributed by atoms with van der Waals surface area (Å²) in [4.78, 5) is 1.23. The van der Waals surface area contributed by atoms with Crippen LogP contribution in [0.15, 0.2) is 53.4 Å². The maximum absolute atomic E-state index is 6.36. The Hall–Kier alpha value is -1.45. The molecule has 0 radical (unpaired) electrons. The fourth-order valence-corrected chi connectivity index (χ4v) is 2.69. The lowest BCUT2D eigenvalue weighted by Gasteiger charge is -2.16. The van der Waals surface area contributed by atoms with Crippen LogP contribution in [0.5, 0.6) is 5.75 Å². The first kappa shape index (κ1) is 14.0. The van der Waals surface area contributed by atoms with Crippen LogP contribution in [0.3, 0.4) is 0 Å². The summed E-state index contributed by atoms with van der Waals surface area (Å²) in [7, 11) is 0. The normalized spacial score (nSPS) is 12.2. The Bertz CT molecular complexity index is 525. The molecule has 2 rings (SSSR count). The summed E-state index contributed by atoms with van der Waals surface area (Å²) in [5, 5.41) is 0. The number of benzene rings is 2. The van der Waals surface area contributed by atoms with Crippen LogP contribution in [0.1, 0.15) is 24.1 Å². The van der Waals surface area contributed by atoms with E-state index in [1.54, 1.807) is 11.8 Å². The quantitative estimate of drug-likeness (QED) is 0.840. The van der Waals surface area contributed by atoms with E-state index < -0.39 is 0 Å². The van der Waals surface area contributed by atoms with Crippen LogP contribution in [0.25, 0.3) is 0 Å². The van der Waals surface area contributed by atoms with E-state index in [-0.39, 0.29) is 6.04 Å². The van der Waals surface area contributed by atoms with Gasteiger partial charge in [-0.05, 0) is 42.5 Å². The van der Waals surface area contributed by atoms with Gasteiger partial charge in [0, 0.05) is 4.90 Å². The monoisotopic (exact) mass is 273 g/mol. The van der Waals surface area contributed by atoms with Gasteiger partial charge >= 0.3 is 0 Å². The average molecular weight is 273 g/mol. The smallest absolute Gasteiger partial charge is 0.119 e. The molecule has 0 amide bonds. The van der Waals surface area contributed by atoms with Crippen molar-refractivity contribution in [2.45, 2.75) is 17.9 Å². The molecule has 1 atom stereocenters. The van der Waals surface area contributed by atoms with Crippen molar-refractivity contribution in [1.82, 2.24) is 0 Å². The number of hydrogen-bond acceptors (Lipinski definition) is 3. The van der Waals surface area contributed by atoms with Gasteiger partial charge < -0.3 is 10.5 Å². The first-order chi connectivity index (χ1) is 9.26. The Morgan fingerprint density at radius 3 is 2.42 bits per heavy atom. The Balaban J connectivity index is 2.25. The van der Waals surface area contributed by atoms with Crippen molar-refractivity contribution in [1.29, 1.82) is 0 Å². The zero-order valence-electron chi connectivity index (χ0n) is 11.3. The van der Waals surface area contributed by atoms with Gasteiger partial charge in [0.05, 0.1) is 12.6 Å². The molecule has 0 saturated heterocycles. The van der Waals surface area contributed by atoms with Crippen LogP contribution in [0, 0.1) is 0 Å². The molecule has 2 N–H and O–H groups in total. The van der Waals surface area contributed by atoms with Crippen LogP contribution in [-0.4, -0.2) is 12.9 Å². The van der Waals surface area contributed by atoms with Crippen LogP contribution in [0.2, 0.25) is 0 Å². The Labute approximate surface area is 119 Å². The number of rotatable bonds is 5. The molecule has 2 aromatic carbocycles. The van der Waals surface area contributed by atoms with Crippen molar-refractivity contribution >= 4 is 11.8 Å². The molecule has 0 spiro atoms. The summed E-state index contributed by atoms with van der Waals surface area (Å²) in [5.41, 5.74) is 8.63. The van der Waals surface area contributed by atoms with E-state index in [1.165, 1.54) is 10.5 Å². The van der Waals surface area contributed by atoms with Crippen LogP contribution >= 0.6 is 11.8 Å². The lowest BCUT2D eigenvalue weighted by atomic mass is 9.99. The fraction of sp³-hybridized carbons (Fsp3) is 0.250. The third-order valence-electron chi connectivity index (χ3n) is 3.02. The third kappa shape index (κ3) is 3.31. The van der Waals surface area contributed by atoms with Crippen LogP contribution < -0.4 is 10.5 Å². The summed E-state index contributed by atoms with van der Waals surface area (Å²) in [5.74, 6) is 0.886. The molecule has 100 valence electrons. The lowest BCUT2D eigenvalue weighted by Crippen LogP contribution is -2.12. The molecule has 0 aliphatic rings. The van der Waals surface area contributed by atoms with E-state index in [0.29, 0.717) is 6.61 Å².